The van der Waals surface area contributed by atoms with Crippen molar-refractivity contribution in [2.24, 2.45) is 0 Å². The molecule has 1 aromatic heterocycles. The summed E-state index contributed by atoms with van der Waals surface area (Å²) in [7, 11) is 1.53. The van der Waals surface area contributed by atoms with Crippen molar-refractivity contribution < 1.29 is 23.2 Å². The highest BCUT2D eigenvalue weighted by Gasteiger charge is 2.34. The van der Waals surface area contributed by atoms with Crippen molar-refractivity contribution in [3.8, 4) is 5.75 Å². The Kier molecular flexibility index (Phi) is 4.47. The summed E-state index contributed by atoms with van der Waals surface area (Å²) in [6.07, 6.45) is -4.84. The summed E-state index contributed by atoms with van der Waals surface area (Å²) in [5.41, 5.74) is -2.58. The molecule has 11 heteroatoms. The number of nitrogens with zero attached hydrogens (tertiary/aromatic N) is 3. The number of rotatable bonds is 3. The first kappa shape index (κ1) is 18.6. The number of hydrogen-bond acceptors (Lipinski definition) is 7. The van der Waals surface area contributed by atoms with E-state index in [1.54, 1.807) is 0 Å². The molecular formula is C16H10F3N3O4S. The number of hydrogen-bond donors (Lipinski definition) is 1. The first-order valence-corrected chi connectivity index (χ1v) is 8.13. The Morgan fingerprint density at radius 3 is 2.41 bits per heavy atom. The number of fused-ring (bicyclic) bond motifs is 1. The molecule has 3 aromatic rings. The van der Waals surface area contributed by atoms with Gasteiger partial charge < -0.3 is 10.0 Å². The van der Waals surface area contributed by atoms with Gasteiger partial charge in [0.05, 0.1) is 15.9 Å². The molecule has 0 aliphatic rings. The number of phenolic OH excluding ortho intramolecular Hbond substituents is 1. The fraction of sp³-hybridized carbons (Fsp3) is 0.125. The number of aromatic nitrogens is 1. The fourth-order valence-corrected chi connectivity index (χ4v) is 3.42. The molecule has 1 N–H and O–H groups in total. The SMILES string of the molecule is CN(c1ccc(O)cc1)c1nc(=O)c2cc(C(F)(F)F)cc([N+](=O)[O-])c2s1. The second kappa shape index (κ2) is 6.50. The average molecular weight is 397 g/mol. The molecule has 0 amide bonds. The van der Waals surface area contributed by atoms with E-state index in [-0.39, 0.29) is 15.6 Å². The van der Waals surface area contributed by atoms with Gasteiger partial charge in [0.2, 0.25) is 0 Å². The molecule has 0 atom stereocenters. The molecule has 0 aliphatic heterocycles. The normalized spacial score (nSPS) is 11.6. The lowest BCUT2D eigenvalue weighted by Crippen LogP contribution is -2.16. The summed E-state index contributed by atoms with van der Waals surface area (Å²) in [5, 5.41) is 20.2. The third-order valence-electron chi connectivity index (χ3n) is 3.74. The fourth-order valence-electron chi connectivity index (χ4n) is 2.37. The quantitative estimate of drug-likeness (QED) is 0.529. The molecule has 0 radical (unpaired) electrons. The van der Waals surface area contributed by atoms with Crippen molar-refractivity contribution >= 4 is 37.9 Å². The van der Waals surface area contributed by atoms with Crippen molar-refractivity contribution in [1.29, 1.82) is 0 Å². The number of non-ortho nitro benzene ring substituents is 1. The van der Waals surface area contributed by atoms with E-state index in [0.717, 1.165) is 11.3 Å². The lowest BCUT2D eigenvalue weighted by Gasteiger charge is -2.17. The molecule has 0 aliphatic carbocycles. The van der Waals surface area contributed by atoms with Crippen molar-refractivity contribution in [2.75, 3.05) is 11.9 Å². The summed E-state index contributed by atoms with van der Waals surface area (Å²) in [6.45, 7) is 0. The van der Waals surface area contributed by atoms with E-state index in [1.807, 2.05) is 0 Å². The van der Waals surface area contributed by atoms with Crippen LogP contribution >= 0.6 is 11.3 Å². The topological polar surface area (TPSA) is 96.6 Å². The van der Waals surface area contributed by atoms with E-state index in [2.05, 4.69) is 4.98 Å². The molecule has 0 bridgehead atoms. The lowest BCUT2D eigenvalue weighted by molar-refractivity contribution is -0.383. The number of nitro groups is 1. The van der Waals surface area contributed by atoms with Crippen molar-refractivity contribution in [2.45, 2.75) is 6.18 Å². The highest BCUT2D eigenvalue weighted by atomic mass is 32.1. The molecule has 1 heterocycles. The number of aromatic hydroxyl groups is 1. The predicted octanol–water partition coefficient (Wildman–Crippen LogP) is 4.06. The van der Waals surface area contributed by atoms with Gasteiger partial charge in [-0.2, -0.15) is 18.2 Å². The summed E-state index contributed by atoms with van der Waals surface area (Å²) in [4.78, 5) is 27.8. The van der Waals surface area contributed by atoms with E-state index in [1.165, 1.54) is 36.2 Å². The Bertz CT molecular complexity index is 1100. The van der Waals surface area contributed by atoms with Crippen LogP contribution in [0, 0.1) is 10.1 Å². The predicted molar refractivity (Wildman–Crippen MR) is 93.7 cm³/mol. The third-order valence-corrected chi connectivity index (χ3v) is 4.92. The minimum atomic E-state index is -4.84. The first-order valence-electron chi connectivity index (χ1n) is 7.31. The second-order valence-corrected chi connectivity index (χ2v) is 6.48. The minimum absolute atomic E-state index is 0.0159. The van der Waals surface area contributed by atoms with Gasteiger partial charge in [0, 0.05) is 18.8 Å². The van der Waals surface area contributed by atoms with Gasteiger partial charge in [0.25, 0.3) is 11.2 Å². The van der Waals surface area contributed by atoms with Gasteiger partial charge in [-0.05, 0) is 30.3 Å². The number of alkyl halides is 3. The van der Waals surface area contributed by atoms with Gasteiger partial charge in [-0.25, -0.2) is 0 Å². The van der Waals surface area contributed by atoms with Crippen LogP contribution in [0.15, 0.2) is 41.2 Å². The van der Waals surface area contributed by atoms with Crippen molar-refractivity contribution in [3.63, 3.8) is 0 Å². The van der Waals surface area contributed by atoms with E-state index in [9.17, 15) is 33.2 Å². The molecule has 0 saturated heterocycles. The molecule has 0 fully saturated rings. The van der Waals surface area contributed by atoms with Gasteiger partial charge in [0.1, 0.15) is 10.4 Å². The molecular weight excluding hydrogens is 387 g/mol. The zero-order valence-electron chi connectivity index (χ0n) is 13.5. The summed E-state index contributed by atoms with van der Waals surface area (Å²) < 4.78 is 38.7. The van der Waals surface area contributed by atoms with Gasteiger partial charge >= 0.3 is 6.18 Å². The minimum Gasteiger partial charge on any atom is -0.508 e. The molecule has 0 unspecified atom stereocenters. The largest absolute Gasteiger partial charge is 0.508 e. The summed E-state index contributed by atoms with van der Waals surface area (Å²) in [6, 6.07) is 6.82. The summed E-state index contributed by atoms with van der Waals surface area (Å²) in [5.74, 6) is 0.0159. The van der Waals surface area contributed by atoms with E-state index in [0.29, 0.717) is 17.8 Å². The molecule has 7 nitrogen and oxygen atoms in total. The van der Waals surface area contributed by atoms with Crippen LogP contribution in [-0.4, -0.2) is 22.1 Å². The maximum Gasteiger partial charge on any atom is 0.416 e. The Labute approximate surface area is 153 Å². The van der Waals surface area contributed by atoms with Crippen LogP contribution in [0.4, 0.5) is 29.7 Å². The molecule has 3 rings (SSSR count). The van der Waals surface area contributed by atoms with Crippen molar-refractivity contribution in [1.82, 2.24) is 4.98 Å². The number of nitro benzene ring substituents is 1. The Morgan fingerprint density at radius 2 is 1.85 bits per heavy atom. The number of phenols is 1. The first-order chi connectivity index (χ1) is 12.6. The molecule has 27 heavy (non-hydrogen) atoms. The van der Waals surface area contributed by atoms with Gasteiger partial charge in [-0.15, -0.1) is 0 Å². The van der Waals surface area contributed by atoms with Gasteiger partial charge in [-0.3, -0.25) is 14.9 Å². The van der Waals surface area contributed by atoms with Crippen LogP contribution in [0.25, 0.3) is 10.1 Å². The van der Waals surface area contributed by atoms with E-state index in [4.69, 9.17) is 0 Å². The van der Waals surface area contributed by atoms with Crippen molar-refractivity contribution in [3.05, 3.63) is 62.4 Å². The molecule has 140 valence electrons. The maximum absolute atomic E-state index is 13.0. The van der Waals surface area contributed by atoms with Crippen LogP contribution in [0.2, 0.25) is 0 Å². The molecule has 0 spiro atoms. The number of anilines is 2. The average Bonchev–Trinajstić information content (AvgIpc) is 2.60. The van der Waals surface area contributed by atoms with Crippen LogP contribution in [0.5, 0.6) is 5.75 Å². The standard InChI is InChI=1S/C16H10F3N3O4S/c1-21(9-2-4-10(23)5-3-9)15-20-14(24)11-6-8(16(17,18)19)7-12(22(25)26)13(11)27-15/h2-7,23H,1H3. The monoisotopic (exact) mass is 397 g/mol. The van der Waals surface area contributed by atoms with E-state index >= 15 is 0 Å². The summed E-state index contributed by atoms with van der Waals surface area (Å²) >= 11 is 0.726. The highest BCUT2D eigenvalue weighted by molar-refractivity contribution is 7.22. The van der Waals surface area contributed by atoms with Gasteiger partial charge in [0.15, 0.2) is 5.13 Å². The van der Waals surface area contributed by atoms with E-state index < -0.39 is 33.3 Å². The highest BCUT2D eigenvalue weighted by Crippen LogP contribution is 2.39. The maximum atomic E-state index is 13.0. The molecule has 2 aromatic carbocycles. The Balaban J connectivity index is 2.24. The smallest absolute Gasteiger partial charge is 0.416 e. The number of benzene rings is 2. The van der Waals surface area contributed by atoms with Crippen LogP contribution in [0.1, 0.15) is 5.56 Å². The van der Waals surface area contributed by atoms with Gasteiger partial charge in [-0.1, -0.05) is 11.3 Å². The van der Waals surface area contributed by atoms with Crippen LogP contribution in [0.3, 0.4) is 0 Å². The number of halogens is 3. The second-order valence-electron chi connectivity index (χ2n) is 5.50. The zero-order chi connectivity index (χ0) is 19.9. The lowest BCUT2D eigenvalue weighted by atomic mass is 10.1. The zero-order valence-corrected chi connectivity index (χ0v) is 14.3. The third kappa shape index (κ3) is 3.53. The van der Waals surface area contributed by atoms with Crippen LogP contribution < -0.4 is 10.5 Å². The Hall–Kier alpha value is -3.21. The van der Waals surface area contributed by atoms with Crippen LogP contribution in [-0.2, 0) is 6.18 Å². The Morgan fingerprint density at radius 1 is 1.22 bits per heavy atom. The molecule has 0 saturated carbocycles.